The van der Waals surface area contributed by atoms with E-state index >= 15 is 0 Å². The number of nitrogens with two attached hydrogens (primary N) is 1. The quantitative estimate of drug-likeness (QED) is 0.578. The number of methoxy groups -OCH3 is 1. The summed E-state index contributed by atoms with van der Waals surface area (Å²) in [6.45, 7) is 0. The molecular weight excluding hydrogens is 280 g/mol. The van der Waals surface area contributed by atoms with Gasteiger partial charge in [-0.25, -0.2) is 4.79 Å². The molecule has 0 aliphatic rings. The fraction of sp³-hybridized carbons (Fsp3) is 0.308. The van der Waals surface area contributed by atoms with E-state index in [9.17, 15) is 14.4 Å². The molecule has 3 N–H and O–H groups in total. The second kappa shape index (κ2) is 8.21. The highest BCUT2D eigenvalue weighted by molar-refractivity contribution is 7.99. The lowest BCUT2D eigenvalue weighted by molar-refractivity contribution is -0.116. The van der Waals surface area contributed by atoms with Crippen molar-refractivity contribution < 1.29 is 19.1 Å². The van der Waals surface area contributed by atoms with Crippen molar-refractivity contribution in [2.24, 2.45) is 5.73 Å². The first-order valence-corrected chi connectivity index (χ1v) is 7.02. The van der Waals surface area contributed by atoms with Crippen LogP contribution in [0.4, 0.5) is 5.69 Å². The van der Waals surface area contributed by atoms with Crippen molar-refractivity contribution in [3.8, 4) is 0 Å². The van der Waals surface area contributed by atoms with Crippen LogP contribution in [0, 0.1) is 0 Å². The molecule has 0 fully saturated rings. The van der Waals surface area contributed by atoms with E-state index in [1.54, 1.807) is 24.3 Å². The van der Waals surface area contributed by atoms with Crippen LogP contribution in [-0.2, 0) is 14.3 Å². The van der Waals surface area contributed by atoms with Gasteiger partial charge in [-0.1, -0.05) is 0 Å². The maximum Gasteiger partial charge on any atom is 0.337 e. The lowest BCUT2D eigenvalue weighted by Crippen LogP contribution is -2.15. The zero-order valence-corrected chi connectivity index (χ0v) is 11.9. The zero-order valence-electron chi connectivity index (χ0n) is 11.0. The number of anilines is 1. The fourth-order valence-corrected chi connectivity index (χ4v) is 2.04. The van der Waals surface area contributed by atoms with Gasteiger partial charge in [-0.2, -0.15) is 11.8 Å². The van der Waals surface area contributed by atoms with E-state index in [2.05, 4.69) is 10.1 Å². The van der Waals surface area contributed by atoms with Gasteiger partial charge in [0.15, 0.2) is 0 Å². The predicted octanol–water partition coefficient (Wildman–Crippen LogP) is 1.02. The molecule has 0 spiro atoms. The second-order valence-electron chi connectivity index (χ2n) is 3.89. The number of benzene rings is 1. The number of hydrogen-bond acceptors (Lipinski definition) is 5. The molecule has 20 heavy (non-hydrogen) atoms. The standard InChI is InChI=1S/C13H16N2O4S/c1-19-13(18)9-2-4-10(5-3-9)15-12(17)6-7-20-8-11(14)16/h2-5H,6-8H2,1H3,(H2,14,16)(H,15,17). The van der Waals surface area contributed by atoms with Crippen molar-refractivity contribution >= 4 is 35.2 Å². The molecule has 6 nitrogen and oxygen atoms in total. The van der Waals surface area contributed by atoms with Crippen LogP contribution in [0.15, 0.2) is 24.3 Å². The zero-order chi connectivity index (χ0) is 15.0. The molecule has 0 heterocycles. The first kappa shape index (κ1) is 16.0. The van der Waals surface area contributed by atoms with Crippen LogP contribution in [0.2, 0.25) is 0 Å². The van der Waals surface area contributed by atoms with Gasteiger partial charge >= 0.3 is 5.97 Å². The second-order valence-corrected chi connectivity index (χ2v) is 4.99. The topological polar surface area (TPSA) is 98.5 Å². The van der Waals surface area contributed by atoms with Crippen LogP contribution in [0.5, 0.6) is 0 Å². The summed E-state index contributed by atoms with van der Waals surface area (Å²) < 4.78 is 4.58. The third-order valence-corrected chi connectivity index (χ3v) is 3.29. The number of primary amides is 1. The Kier molecular flexibility index (Phi) is 6.58. The largest absolute Gasteiger partial charge is 0.465 e. The highest BCUT2D eigenvalue weighted by Gasteiger charge is 2.06. The van der Waals surface area contributed by atoms with Gasteiger partial charge in [-0.3, -0.25) is 9.59 Å². The smallest absolute Gasteiger partial charge is 0.337 e. The van der Waals surface area contributed by atoms with Crippen molar-refractivity contribution in [3.63, 3.8) is 0 Å². The molecule has 0 bridgehead atoms. The van der Waals surface area contributed by atoms with Gasteiger partial charge in [0.25, 0.3) is 0 Å². The highest BCUT2D eigenvalue weighted by Crippen LogP contribution is 2.11. The fourth-order valence-electron chi connectivity index (χ4n) is 1.37. The van der Waals surface area contributed by atoms with Crippen molar-refractivity contribution in [3.05, 3.63) is 29.8 Å². The Labute approximate surface area is 121 Å². The van der Waals surface area contributed by atoms with Crippen LogP contribution in [-0.4, -0.2) is 36.4 Å². The van der Waals surface area contributed by atoms with Gasteiger partial charge in [-0.05, 0) is 24.3 Å². The number of carbonyl (C=O) groups excluding carboxylic acids is 3. The number of hydrogen-bond donors (Lipinski definition) is 2. The maximum atomic E-state index is 11.6. The van der Waals surface area contributed by atoms with Crippen LogP contribution in [0.3, 0.4) is 0 Å². The Balaban J connectivity index is 2.38. The normalized spacial score (nSPS) is 9.85. The molecule has 2 amide bonds. The lowest BCUT2D eigenvalue weighted by Gasteiger charge is -2.05. The molecule has 0 unspecified atom stereocenters. The summed E-state index contributed by atoms with van der Waals surface area (Å²) in [5.41, 5.74) is 6.00. The van der Waals surface area contributed by atoms with Crippen LogP contribution >= 0.6 is 11.8 Å². The minimum absolute atomic E-state index is 0.159. The Morgan fingerprint density at radius 3 is 2.45 bits per heavy atom. The van der Waals surface area contributed by atoms with Gasteiger partial charge in [-0.15, -0.1) is 0 Å². The van der Waals surface area contributed by atoms with E-state index in [-0.39, 0.29) is 18.1 Å². The summed E-state index contributed by atoms with van der Waals surface area (Å²) >= 11 is 1.31. The highest BCUT2D eigenvalue weighted by atomic mass is 32.2. The van der Waals surface area contributed by atoms with Gasteiger partial charge in [0.1, 0.15) is 0 Å². The molecule has 7 heteroatoms. The molecular formula is C13H16N2O4S. The molecule has 108 valence electrons. The minimum atomic E-state index is -0.425. The summed E-state index contributed by atoms with van der Waals surface area (Å²) in [6.07, 6.45) is 0.288. The monoisotopic (exact) mass is 296 g/mol. The summed E-state index contributed by atoms with van der Waals surface area (Å²) in [5, 5.41) is 2.69. The number of carbonyl (C=O) groups is 3. The van der Waals surface area contributed by atoms with E-state index in [4.69, 9.17) is 5.73 Å². The maximum absolute atomic E-state index is 11.6. The molecule has 1 aromatic rings. The van der Waals surface area contributed by atoms with E-state index < -0.39 is 11.9 Å². The van der Waals surface area contributed by atoms with Crippen LogP contribution < -0.4 is 11.1 Å². The Morgan fingerprint density at radius 2 is 1.90 bits per heavy atom. The number of esters is 1. The van der Waals surface area contributed by atoms with Gasteiger partial charge < -0.3 is 15.8 Å². The molecule has 0 saturated heterocycles. The van der Waals surface area contributed by atoms with E-state index in [0.717, 1.165) is 0 Å². The average Bonchev–Trinajstić information content (AvgIpc) is 2.43. The van der Waals surface area contributed by atoms with Crippen molar-refractivity contribution in [2.75, 3.05) is 23.9 Å². The van der Waals surface area contributed by atoms with E-state index in [1.807, 2.05) is 0 Å². The predicted molar refractivity (Wildman–Crippen MR) is 77.5 cm³/mol. The first-order valence-electron chi connectivity index (χ1n) is 5.87. The summed E-state index contributed by atoms with van der Waals surface area (Å²) in [5.74, 6) is -0.247. The molecule has 0 aromatic heterocycles. The Hall–Kier alpha value is -2.02. The van der Waals surface area contributed by atoms with E-state index in [0.29, 0.717) is 17.0 Å². The SMILES string of the molecule is COC(=O)c1ccc(NC(=O)CCSCC(N)=O)cc1. The molecule has 1 rings (SSSR count). The van der Waals surface area contributed by atoms with Crippen molar-refractivity contribution in [1.82, 2.24) is 0 Å². The van der Waals surface area contributed by atoms with Crippen molar-refractivity contribution in [1.29, 1.82) is 0 Å². The number of nitrogens with one attached hydrogen (secondary N) is 1. The third kappa shape index (κ3) is 5.75. The van der Waals surface area contributed by atoms with Gasteiger partial charge in [0, 0.05) is 17.9 Å². The molecule has 0 saturated carbocycles. The first-order chi connectivity index (χ1) is 9.52. The van der Waals surface area contributed by atoms with Crippen LogP contribution in [0.1, 0.15) is 16.8 Å². The lowest BCUT2D eigenvalue weighted by atomic mass is 10.2. The Bertz CT molecular complexity index is 488. The number of thioether (sulfide) groups is 1. The number of rotatable bonds is 7. The summed E-state index contributed by atoms with van der Waals surface area (Å²) in [6, 6.07) is 6.40. The molecule has 0 aliphatic carbocycles. The molecule has 0 radical (unpaired) electrons. The molecule has 0 atom stereocenters. The van der Waals surface area contributed by atoms with Gasteiger partial charge in [0.2, 0.25) is 11.8 Å². The number of amides is 2. The molecule has 1 aromatic carbocycles. The third-order valence-electron chi connectivity index (χ3n) is 2.31. The minimum Gasteiger partial charge on any atom is -0.465 e. The molecule has 0 aliphatic heterocycles. The van der Waals surface area contributed by atoms with Crippen molar-refractivity contribution in [2.45, 2.75) is 6.42 Å². The number of ether oxygens (including phenoxy) is 1. The summed E-state index contributed by atoms with van der Waals surface area (Å²) in [7, 11) is 1.31. The van der Waals surface area contributed by atoms with E-state index in [1.165, 1.54) is 18.9 Å². The Morgan fingerprint density at radius 1 is 1.25 bits per heavy atom. The van der Waals surface area contributed by atoms with Crippen LogP contribution in [0.25, 0.3) is 0 Å². The average molecular weight is 296 g/mol. The summed E-state index contributed by atoms with van der Waals surface area (Å²) in [4.78, 5) is 33.3. The van der Waals surface area contributed by atoms with Gasteiger partial charge in [0.05, 0.1) is 18.4 Å².